The monoisotopic (exact) mass is 362 g/mol. The summed E-state index contributed by atoms with van der Waals surface area (Å²) in [4.78, 5) is 13.1. The molecule has 5 rings (SSSR count). The van der Waals surface area contributed by atoms with Crippen molar-refractivity contribution < 1.29 is 4.79 Å². The number of nitrogens with one attached hydrogen (secondary N) is 1. The number of nitrogens with two attached hydrogens (primary N) is 1. The van der Waals surface area contributed by atoms with Crippen LogP contribution in [0.4, 0.5) is 5.69 Å². The first kappa shape index (κ1) is 18.6. The van der Waals surface area contributed by atoms with Gasteiger partial charge in [-0.05, 0) is 79.4 Å². The van der Waals surface area contributed by atoms with Gasteiger partial charge in [0.2, 0.25) is 5.91 Å². The van der Waals surface area contributed by atoms with Gasteiger partial charge in [-0.15, -0.1) is 12.4 Å². The minimum atomic E-state index is -0.0932. The Morgan fingerprint density at radius 3 is 2.24 bits per heavy atom. The summed E-state index contributed by atoms with van der Waals surface area (Å²) in [5.41, 5.74) is 8.44. The molecule has 138 valence electrons. The molecule has 4 aliphatic carbocycles. The number of carbonyl (C=O) groups excluding carboxylic acids is 1. The Balaban J connectivity index is 0.00000182. The Morgan fingerprint density at radius 2 is 1.68 bits per heavy atom. The Labute approximate surface area is 157 Å². The Kier molecular flexibility index (Phi) is 4.60. The number of nitrogen functional groups attached to an aromatic ring is 1. The van der Waals surface area contributed by atoms with Gasteiger partial charge in [-0.25, -0.2) is 0 Å². The SMILES string of the molecule is CC12CC3CC(C)(C1)CC(C(=O)NCCc1ccc(N)cc1)(C3)C2.Cl. The maximum Gasteiger partial charge on any atom is 0.226 e. The van der Waals surface area contributed by atoms with Crippen LogP contribution in [0.15, 0.2) is 24.3 Å². The second kappa shape index (κ2) is 6.19. The number of amides is 1. The van der Waals surface area contributed by atoms with Gasteiger partial charge in [0.25, 0.3) is 0 Å². The number of halogens is 1. The van der Waals surface area contributed by atoms with E-state index in [1.165, 1.54) is 24.8 Å². The second-order valence-electron chi connectivity index (χ2n) is 9.66. The zero-order valence-corrected chi connectivity index (χ0v) is 16.3. The van der Waals surface area contributed by atoms with Crippen molar-refractivity contribution >= 4 is 24.0 Å². The van der Waals surface area contributed by atoms with Gasteiger partial charge >= 0.3 is 0 Å². The number of carbonyl (C=O) groups is 1. The molecule has 3 N–H and O–H groups in total. The fourth-order valence-corrected chi connectivity index (χ4v) is 6.89. The highest BCUT2D eigenvalue weighted by atomic mass is 35.5. The molecule has 0 radical (unpaired) electrons. The van der Waals surface area contributed by atoms with Crippen LogP contribution < -0.4 is 11.1 Å². The number of hydrogen-bond acceptors (Lipinski definition) is 2. The van der Waals surface area contributed by atoms with Crippen LogP contribution in [0, 0.1) is 22.2 Å². The molecule has 2 atom stereocenters. The summed E-state index contributed by atoms with van der Waals surface area (Å²) in [5.74, 6) is 1.08. The molecule has 0 aromatic heterocycles. The van der Waals surface area contributed by atoms with Crippen LogP contribution in [0.1, 0.15) is 57.9 Å². The van der Waals surface area contributed by atoms with E-state index in [4.69, 9.17) is 5.73 Å². The fraction of sp³-hybridized carbons (Fsp3) is 0.667. The molecule has 4 heteroatoms. The first-order valence-corrected chi connectivity index (χ1v) is 9.43. The van der Waals surface area contributed by atoms with Crippen molar-refractivity contribution in [3.05, 3.63) is 29.8 Å². The predicted octanol–water partition coefficient (Wildman–Crippen LogP) is 4.35. The van der Waals surface area contributed by atoms with Crippen LogP contribution >= 0.6 is 12.4 Å². The number of rotatable bonds is 4. The minimum absolute atomic E-state index is 0. The van der Waals surface area contributed by atoms with Crippen molar-refractivity contribution in [3.8, 4) is 0 Å². The van der Waals surface area contributed by atoms with Crippen molar-refractivity contribution in [2.75, 3.05) is 12.3 Å². The highest BCUT2D eigenvalue weighted by molar-refractivity contribution is 5.85. The van der Waals surface area contributed by atoms with E-state index >= 15 is 0 Å². The average molecular weight is 363 g/mol. The number of benzene rings is 1. The van der Waals surface area contributed by atoms with E-state index in [0.29, 0.717) is 16.7 Å². The molecule has 4 saturated carbocycles. The van der Waals surface area contributed by atoms with Gasteiger partial charge in [-0.3, -0.25) is 4.79 Å². The first-order valence-electron chi connectivity index (χ1n) is 9.43. The summed E-state index contributed by atoms with van der Waals surface area (Å²) in [7, 11) is 0. The smallest absolute Gasteiger partial charge is 0.226 e. The zero-order chi connectivity index (χ0) is 17.0. The van der Waals surface area contributed by atoms with Gasteiger partial charge in [0, 0.05) is 12.2 Å². The molecule has 2 unspecified atom stereocenters. The molecule has 25 heavy (non-hydrogen) atoms. The fourth-order valence-electron chi connectivity index (χ4n) is 6.89. The number of anilines is 1. The Morgan fingerprint density at radius 1 is 1.08 bits per heavy atom. The van der Waals surface area contributed by atoms with E-state index in [9.17, 15) is 4.79 Å². The minimum Gasteiger partial charge on any atom is -0.399 e. The van der Waals surface area contributed by atoms with E-state index in [1.54, 1.807) is 0 Å². The topological polar surface area (TPSA) is 55.1 Å². The van der Waals surface area contributed by atoms with Gasteiger partial charge in [-0.2, -0.15) is 0 Å². The zero-order valence-electron chi connectivity index (χ0n) is 15.4. The number of hydrogen-bond donors (Lipinski definition) is 2. The Bertz CT molecular complexity index is 638. The summed E-state index contributed by atoms with van der Waals surface area (Å²) in [6.07, 6.45) is 8.18. The van der Waals surface area contributed by atoms with Crippen molar-refractivity contribution in [1.29, 1.82) is 0 Å². The summed E-state index contributed by atoms with van der Waals surface area (Å²) in [6.45, 7) is 5.57. The molecular formula is C21H31ClN2O. The molecule has 0 aliphatic heterocycles. The van der Waals surface area contributed by atoms with Crippen LogP contribution in [0.5, 0.6) is 0 Å². The third kappa shape index (κ3) is 3.40. The van der Waals surface area contributed by atoms with E-state index in [1.807, 2.05) is 24.3 Å². The van der Waals surface area contributed by atoms with Crippen LogP contribution in [-0.4, -0.2) is 12.5 Å². The van der Waals surface area contributed by atoms with Gasteiger partial charge in [-0.1, -0.05) is 26.0 Å². The van der Waals surface area contributed by atoms with Crippen molar-refractivity contribution in [3.63, 3.8) is 0 Å². The van der Waals surface area contributed by atoms with Gasteiger partial charge in [0.05, 0.1) is 5.41 Å². The molecule has 4 fully saturated rings. The van der Waals surface area contributed by atoms with E-state index in [-0.39, 0.29) is 17.8 Å². The van der Waals surface area contributed by atoms with Gasteiger partial charge in [0.15, 0.2) is 0 Å². The lowest BCUT2D eigenvalue weighted by atomic mass is 9.40. The maximum absolute atomic E-state index is 13.1. The van der Waals surface area contributed by atoms with E-state index in [0.717, 1.165) is 43.8 Å². The van der Waals surface area contributed by atoms with Crippen molar-refractivity contribution in [2.24, 2.45) is 22.2 Å². The standard InChI is InChI=1S/C21H30N2O.ClH/c1-19-9-16-10-20(2,12-19)14-21(11-16,13-19)18(24)23-8-7-15-3-5-17(22)6-4-15;/h3-6,16H,7-14,22H2,1-2H3,(H,23,24);1H. The molecule has 4 aliphatic rings. The summed E-state index contributed by atoms with van der Waals surface area (Å²) >= 11 is 0. The summed E-state index contributed by atoms with van der Waals surface area (Å²) < 4.78 is 0. The van der Waals surface area contributed by atoms with Crippen LogP contribution in [0.25, 0.3) is 0 Å². The van der Waals surface area contributed by atoms with Crippen LogP contribution in [-0.2, 0) is 11.2 Å². The molecule has 1 aromatic rings. The normalized spacial score (nSPS) is 38.2. The summed E-state index contributed by atoms with van der Waals surface area (Å²) in [5, 5.41) is 3.27. The molecule has 0 heterocycles. The first-order chi connectivity index (χ1) is 11.3. The molecule has 0 saturated heterocycles. The van der Waals surface area contributed by atoms with Crippen molar-refractivity contribution in [1.82, 2.24) is 5.32 Å². The highest BCUT2D eigenvalue weighted by Crippen LogP contribution is 2.69. The molecule has 0 spiro atoms. The molecule has 1 amide bonds. The predicted molar refractivity (Wildman–Crippen MR) is 105 cm³/mol. The lowest BCUT2D eigenvalue weighted by molar-refractivity contribution is -0.170. The van der Waals surface area contributed by atoms with Crippen LogP contribution in [0.3, 0.4) is 0 Å². The van der Waals surface area contributed by atoms with Crippen LogP contribution in [0.2, 0.25) is 0 Å². The Hall–Kier alpha value is -1.22. The lowest BCUT2D eigenvalue weighted by Crippen LogP contribution is -2.60. The van der Waals surface area contributed by atoms with E-state index < -0.39 is 0 Å². The quantitative estimate of drug-likeness (QED) is 0.782. The second-order valence-corrected chi connectivity index (χ2v) is 9.66. The van der Waals surface area contributed by atoms with Crippen molar-refractivity contribution in [2.45, 2.75) is 58.8 Å². The largest absolute Gasteiger partial charge is 0.399 e. The maximum atomic E-state index is 13.1. The lowest BCUT2D eigenvalue weighted by Gasteiger charge is -2.64. The summed E-state index contributed by atoms with van der Waals surface area (Å²) in [6, 6.07) is 7.96. The highest BCUT2D eigenvalue weighted by Gasteiger charge is 2.62. The average Bonchev–Trinajstić information content (AvgIpc) is 2.45. The van der Waals surface area contributed by atoms with Gasteiger partial charge in [0.1, 0.15) is 0 Å². The molecule has 1 aromatic carbocycles. The molecular weight excluding hydrogens is 332 g/mol. The third-order valence-electron chi connectivity index (χ3n) is 6.79. The van der Waals surface area contributed by atoms with E-state index in [2.05, 4.69) is 19.2 Å². The molecule has 4 bridgehead atoms. The van der Waals surface area contributed by atoms with Gasteiger partial charge < -0.3 is 11.1 Å². The molecule has 3 nitrogen and oxygen atoms in total. The third-order valence-corrected chi connectivity index (χ3v) is 6.79.